The first kappa shape index (κ1) is 18.8. The summed E-state index contributed by atoms with van der Waals surface area (Å²) in [6.45, 7) is 0. The summed E-state index contributed by atoms with van der Waals surface area (Å²) in [5.41, 5.74) is 1.33. The van der Waals surface area contributed by atoms with Crippen molar-refractivity contribution in [3.05, 3.63) is 58.6 Å². The Morgan fingerprint density at radius 3 is 2.48 bits per heavy atom. The number of anilines is 1. The minimum absolute atomic E-state index is 0.282. The number of hydrogen-bond acceptors (Lipinski definition) is 5. The molecule has 2 aromatic carbocycles. The molecule has 0 saturated heterocycles. The van der Waals surface area contributed by atoms with Crippen molar-refractivity contribution < 1.29 is 17.9 Å². The van der Waals surface area contributed by atoms with Crippen LogP contribution >= 0.6 is 11.6 Å². The summed E-state index contributed by atoms with van der Waals surface area (Å²) in [5.74, 6) is -1.14. The lowest BCUT2D eigenvalue weighted by Gasteiger charge is -2.09. The van der Waals surface area contributed by atoms with Crippen LogP contribution in [-0.2, 0) is 20.4 Å². The van der Waals surface area contributed by atoms with E-state index in [1.807, 2.05) is 6.07 Å². The standard InChI is InChI=1S/C17H15ClN2O4S/c1-24-16-7-6-14(8-15(16)18)20-17(21)11-25(22,23)10-13-4-2-12(9-19)3-5-13/h2-8H,10-11H2,1H3,(H,20,21). The number of benzene rings is 2. The molecule has 0 spiro atoms. The van der Waals surface area contributed by atoms with E-state index in [1.54, 1.807) is 24.3 Å². The Bertz CT molecular complexity index is 919. The number of carbonyl (C=O) groups is 1. The van der Waals surface area contributed by atoms with Crippen molar-refractivity contribution in [2.75, 3.05) is 18.2 Å². The molecule has 2 aromatic rings. The molecule has 2 rings (SSSR count). The second-order valence-electron chi connectivity index (χ2n) is 5.24. The van der Waals surface area contributed by atoms with Gasteiger partial charge >= 0.3 is 0 Å². The molecule has 0 aliphatic heterocycles. The van der Waals surface area contributed by atoms with Crippen molar-refractivity contribution in [1.29, 1.82) is 5.26 Å². The fraction of sp³-hybridized carbons (Fsp3) is 0.176. The number of nitrogens with zero attached hydrogens (tertiary/aromatic N) is 1. The summed E-state index contributed by atoms with van der Waals surface area (Å²) < 4.78 is 29.3. The Kier molecular flexibility index (Phi) is 6.02. The molecule has 0 atom stereocenters. The highest BCUT2D eigenvalue weighted by Crippen LogP contribution is 2.27. The van der Waals surface area contributed by atoms with Crippen LogP contribution in [0.4, 0.5) is 5.69 Å². The van der Waals surface area contributed by atoms with E-state index in [4.69, 9.17) is 21.6 Å². The van der Waals surface area contributed by atoms with Gasteiger partial charge in [-0.15, -0.1) is 0 Å². The normalized spacial score (nSPS) is 10.8. The highest BCUT2D eigenvalue weighted by Gasteiger charge is 2.18. The van der Waals surface area contributed by atoms with Crippen LogP contribution < -0.4 is 10.1 Å². The van der Waals surface area contributed by atoms with Crippen LogP contribution in [0.2, 0.25) is 5.02 Å². The van der Waals surface area contributed by atoms with Crippen LogP contribution in [0.3, 0.4) is 0 Å². The summed E-state index contributed by atoms with van der Waals surface area (Å²) in [6, 6.07) is 12.7. The van der Waals surface area contributed by atoms with Gasteiger partial charge in [0.2, 0.25) is 5.91 Å². The van der Waals surface area contributed by atoms with Crippen molar-refractivity contribution in [2.24, 2.45) is 0 Å². The van der Waals surface area contributed by atoms with Crippen LogP contribution in [-0.4, -0.2) is 27.2 Å². The maximum Gasteiger partial charge on any atom is 0.239 e. The summed E-state index contributed by atoms with van der Waals surface area (Å²) in [4.78, 5) is 12.0. The zero-order valence-corrected chi connectivity index (χ0v) is 14.9. The molecule has 0 radical (unpaired) electrons. The van der Waals surface area contributed by atoms with Gasteiger partial charge < -0.3 is 10.1 Å². The van der Waals surface area contributed by atoms with Crippen molar-refractivity contribution in [3.63, 3.8) is 0 Å². The van der Waals surface area contributed by atoms with Crippen LogP contribution in [0, 0.1) is 11.3 Å². The molecular formula is C17H15ClN2O4S. The molecule has 0 aliphatic carbocycles. The fourth-order valence-corrected chi connectivity index (χ4v) is 3.65. The highest BCUT2D eigenvalue weighted by molar-refractivity contribution is 7.91. The third kappa shape index (κ3) is 5.48. The zero-order valence-electron chi connectivity index (χ0n) is 13.3. The zero-order chi connectivity index (χ0) is 18.4. The first-order valence-corrected chi connectivity index (χ1v) is 9.36. The van der Waals surface area contributed by atoms with Crippen molar-refractivity contribution in [3.8, 4) is 11.8 Å². The SMILES string of the molecule is COc1ccc(NC(=O)CS(=O)(=O)Cc2ccc(C#N)cc2)cc1Cl. The fourth-order valence-electron chi connectivity index (χ4n) is 2.12. The number of carbonyl (C=O) groups excluding carboxylic acids is 1. The van der Waals surface area contributed by atoms with Gasteiger partial charge in [0.1, 0.15) is 11.5 Å². The molecule has 8 heteroatoms. The summed E-state index contributed by atoms with van der Waals surface area (Å²) in [6.07, 6.45) is 0. The van der Waals surface area contributed by atoms with Gasteiger partial charge in [0.25, 0.3) is 0 Å². The van der Waals surface area contributed by atoms with E-state index < -0.39 is 21.5 Å². The first-order chi connectivity index (χ1) is 11.8. The quantitative estimate of drug-likeness (QED) is 0.833. The van der Waals surface area contributed by atoms with Crippen molar-refractivity contribution >= 4 is 33.0 Å². The molecule has 1 N–H and O–H groups in total. The van der Waals surface area contributed by atoms with E-state index in [9.17, 15) is 13.2 Å². The minimum atomic E-state index is -3.65. The number of methoxy groups -OCH3 is 1. The third-order valence-corrected chi connectivity index (χ3v) is 5.03. The van der Waals surface area contributed by atoms with Crippen LogP contribution in [0.1, 0.15) is 11.1 Å². The summed E-state index contributed by atoms with van der Waals surface area (Å²) in [7, 11) is -2.18. The largest absolute Gasteiger partial charge is 0.495 e. The van der Waals surface area contributed by atoms with Gasteiger partial charge in [-0.05, 0) is 35.9 Å². The Labute approximate surface area is 150 Å². The predicted octanol–water partition coefficient (Wildman–Crippen LogP) is 2.77. The van der Waals surface area contributed by atoms with E-state index in [-0.39, 0.29) is 5.75 Å². The lowest BCUT2D eigenvalue weighted by molar-refractivity contribution is -0.113. The van der Waals surface area contributed by atoms with E-state index in [2.05, 4.69) is 5.32 Å². The lowest BCUT2D eigenvalue weighted by atomic mass is 10.2. The lowest BCUT2D eigenvalue weighted by Crippen LogP contribution is -2.24. The molecular weight excluding hydrogens is 364 g/mol. The summed E-state index contributed by atoms with van der Waals surface area (Å²) in [5, 5.41) is 11.5. The van der Waals surface area contributed by atoms with Crippen LogP contribution in [0.15, 0.2) is 42.5 Å². The van der Waals surface area contributed by atoms with Gasteiger partial charge in [0, 0.05) is 5.69 Å². The minimum Gasteiger partial charge on any atom is -0.495 e. The molecule has 0 aromatic heterocycles. The van der Waals surface area contributed by atoms with E-state index in [0.29, 0.717) is 27.6 Å². The van der Waals surface area contributed by atoms with E-state index >= 15 is 0 Å². The first-order valence-electron chi connectivity index (χ1n) is 7.16. The van der Waals surface area contributed by atoms with E-state index in [1.165, 1.54) is 25.3 Å². The molecule has 6 nitrogen and oxygen atoms in total. The predicted molar refractivity (Wildman–Crippen MR) is 95.3 cm³/mol. The number of halogens is 1. The maximum absolute atomic E-state index is 12.2. The molecule has 130 valence electrons. The Morgan fingerprint density at radius 1 is 1.24 bits per heavy atom. The van der Waals surface area contributed by atoms with Gasteiger partial charge in [-0.3, -0.25) is 4.79 Å². The maximum atomic E-state index is 12.2. The average Bonchev–Trinajstić information content (AvgIpc) is 2.54. The second kappa shape index (κ2) is 8.01. The molecule has 0 heterocycles. The van der Waals surface area contributed by atoms with Gasteiger partial charge in [-0.25, -0.2) is 8.42 Å². The molecule has 0 fully saturated rings. The number of nitriles is 1. The number of hydrogen-bond donors (Lipinski definition) is 1. The van der Waals surface area contributed by atoms with Crippen molar-refractivity contribution in [1.82, 2.24) is 0 Å². The average molecular weight is 379 g/mol. The van der Waals surface area contributed by atoms with Gasteiger partial charge in [-0.1, -0.05) is 23.7 Å². The second-order valence-corrected chi connectivity index (χ2v) is 7.71. The van der Waals surface area contributed by atoms with Crippen LogP contribution in [0.5, 0.6) is 5.75 Å². The highest BCUT2D eigenvalue weighted by atomic mass is 35.5. The molecule has 0 saturated carbocycles. The van der Waals surface area contributed by atoms with Gasteiger partial charge in [-0.2, -0.15) is 5.26 Å². The number of ether oxygens (including phenoxy) is 1. The molecule has 0 unspecified atom stereocenters. The van der Waals surface area contributed by atoms with Gasteiger partial charge in [0.15, 0.2) is 9.84 Å². The molecule has 0 aliphatic rings. The third-order valence-electron chi connectivity index (χ3n) is 3.26. The Balaban J connectivity index is 2.00. The van der Waals surface area contributed by atoms with Crippen LogP contribution in [0.25, 0.3) is 0 Å². The summed E-state index contributed by atoms with van der Waals surface area (Å²) >= 11 is 5.96. The molecule has 0 bridgehead atoms. The van der Waals surface area contributed by atoms with Crippen molar-refractivity contribution in [2.45, 2.75) is 5.75 Å². The number of amides is 1. The molecule has 1 amide bonds. The topological polar surface area (TPSA) is 96.3 Å². The van der Waals surface area contributed by atoms with E-state index in [0.717, 1.165) is 0 Å². The molecule has 25 heavy (non-hydrogen) atoms. The smallest absolute Gasteiger partial charge is 0.239 e. The van der Waals surface area contributed by atoms with Gasteiger partial charge in [0.05, 0.1) is 29.5 Å². The monoisotopic (exact) mass is 378 g/mol. The number of nitrogens with one attached hydrogen (secondary N) is 1. The number of rotatable bonds is 6. The number of sulfone groups is 1. The Morgan fingerprint density at radius 2 is 1.92 bits per heavy atom. The Hall–Kier alpha value is -2.56.